The quantitative estimate of drug-likeness (QED) is 0.864. The van der Waals surface area contributed by atoms with Crippen LogP contribution in [0.3, 0.4) is 0 Å². The van der Waals surface area contributed by atoms with Crippen LogP contribution in [0.25, 0.3) is 0 Å². The summed E-state index contributed by atoms with van der Waals surface area (Å²) in [5.74, 6) is -0.928. The third-order valence-corrected chi connectivity index (χ3v) is 4.16. The van der Waals surface area contributed by atoms with E-state index < -0.39 is 28.7 Å². The van der Waals surface area contributed by atoms with Crippen molar-refractivity contribution in [3.8, 4) is 5.75 Å². The first-order valence-corrected chi connectivity index (χ1v) is 8.35. The Morgan fingerprint density at radius 3 is 2.39 bits per heavy atom. The number of rotatable bonds is 5. The highest BCUT2D eigenvalue weighted by Gasteiger charge is 2.33. The van der Waals surface area contributed by atoms with Crippen LogP contribution < -0.4 is 14.8 Å². The fraction of sp³-hybridized carbons (Fsp3) is 0.462. The molecule has 23 heavy (non-hydrogen) atoms. The average Bonchev–Trinajstić information content (AvgIpc) is 2.74. The largest absolute Gasteiger partial charge is 0.484 e. The van der Waals surface area contributed by atoms with Crippen LogP contribution in [0.4, 0.5) is 18.9 Å². The summed E-state index contributed by atoms with van der Waals surface area (Å²) in [7, 11) is -3.67. The molecule has 1 aliphatic rings. The fourth-order valence-electron chi connectivity index (χ4n) is 2.36. The molecular weight excluding hydrogens is 337 g/mol. The van der Waals surface area contributed by atoms with E-state index in [2.05, 4.69) is 4.74 Å². The molecule has 1 fully saturated rings. The van der Waals surface area contributed by atoms with Gasteiger partial charge in [0.15, 0.2) is 6.61 Å². The summed E-state index contributed by atoms with van der Waals surface area (Å²) in [5, 5.41) is 4.97. The molecule has 1 aromatic carbocycles. The Balaban J connectivity index is 2.01. The zero-order valence-corrected chi connectivity index (χ0v) is 12.7. The summed E-state index contributed by atoms with van der Waals surface area (Å²) in [6, 6.07) is 5.54. The summed E-state index contributed by atoms with van der Waals surface area (Å²) in [6.45, 7) is -1.20. The Labute approximate surface area is 131 Å². The lowest BCUT2D eigenvalue weighted by molar-refractivity contribution is -0.153. The van der Waals surface area contributed by atoms with E-state index in [4.69, 9.17) is 5.14 Å². The molecular formula is C13H15F3N2O4S. The molecule has 1 saturated heterocycles. The number of nitrogens with zero attached hydrogens (tertiary/aromatic N) is 1. The molecule has 1 aromatic rings. The van der Waals surface area contributed by atoms with Gasteiger partial charge in [-0.3, -0.25) is 4.79 Å². The number of halogens is 3. The molecule has 0 aromatic heterocycles. The Bertz CT molecular complexity index is 673. The summed E-state index contributed by atoms with van der Waals surface area (Å²) < 4.78 is 62.9. The van der Waals surface area contributed by atoms with Gasteiger partial charge in [0.05, 0.1) is 5.75 Å². The number of amides is 1. The predicted molar refractivity (Wildman–Crippen MR) is 76.4 cm³/mol. The molecule has 2 N–H and O–H groups in total. The van der Waals surface area contributed by atoms with E-state index in [1.807, 2.05) is 0 Å². The van der Waals surface area contributed by atoms with Crippen molar-refractivity contribution in [3.05, 3.63) is 24.3 Å². The summed E-state index contributed by atoms with van der Waals surface area (Å²) in [4.78, 5) is 13.3. The third-order valence-electron chi connectivity index (χ3n) is 3.22. The van der Waals surface area contributed by atoms with Crippen LogP contribution in [0.5, 0.6) is 5.75 Å². The van der Waals surface area contributed by atoms with E-state index in [9.17, 15) is 26.4 Å². The molecule has 1 atom stereocenters. The van der Waals surface area contributed by atoms with Crippen LogP contribution in [-0.4, -0.2) is 39.4 Å². The average molecular weight is 352 g/mol. The van der Waals surface area contributed by atoms with E-state index in [0.29, 0.717) is 5.69 Å². The number of sulfonamides is 1. The van der Waals surface area contributed by atoms with Crippen LogP contribution in [-0.2, 0) is 14.8 Å². The van der Waals surface area contributed by atoms with Crippen molar-refractivity contribution in [2.45, 2.75) is 12.6 Å². The van der Waals surface area contributed by atoms with Crippen LogP contribution >= 0.6 is 0 Å². The van der Waals surface area contributed by atoms with Gasteiger partial charge in [-0.15, -0.1) is 0 Å². The van der Waals surface area contributed by atoms with Crippen molar-refractivity contribution in [2.24, 2.45) is 11.1 Å². The first-order chi connectivity index (χ1) is 10.5. The number of carbonyl (C=O) groups is 1. The molecule has 0 spiro atoms. The Morgan fingerprint density at radius 1 is 1.26 bits per heavy atom. The normalized spacial score (nSPS) is 19.2. The van der Waals surface area contributed by atoms with Crippen molar-refractivity contribution in [2.75, 3.05) is 23.8 Å². The van der Waals surface area contributed by atoms with Crippen molar-refractivity contribution >= 4 is 21.6 Å². The maximum absolute atomic E-state index is 12.1. The molecule has 1 amide bonds. The number of primary sulfonamides is 1. The lowest BCUT2D eigenvalue weighted by atomic mass is 10.1. The summed E-state index contributed by atoms with van der Waals surface area (Å²) in [5.41, 5.74) is 0.464. The standard InChI is InChI=1S/C13H15F3N2O4S/c14-13(15,16)8-22-11-3-1-10(2-4-11)18-6-9(5-12(18)19)7-23(17,20)21/h1-4,9H,5-8H2,(H2,17,20,21). The molecule has 0 bridgehead atoms. The third kappa shape index (κ3) is 5.39. The van der Waals surface area contributed by atoms with Gasteiger partial charge in [0.1, 0.15) is 5.75 Å². The highest BCUT2D eigenvalue weighted by molar-refractivity contribution is 7.89. The first-order valence-electron chi connectivity index (χ1n) is 6.64. The number of hydrogen-bond acceptors (Lipinski definition) is 4. The highest BCUT2D eigenvalue weighted by Crippen LogP contribution is 2.28. The fourth-order valence-corrected chi connectivity index (χ4v) is 3.24. The zero-order chi connectivity index (χ0) is 17.3. The van der Waals surface area contributed by atoms with E-state index in [0.717, 1.165) is 0 Å². The lowest BCUT2D eigenvalue weighted by Crippen LogP contribution is -2.27. The summed E-state index contributed by atoms with van der Waals surface area (Å²) >= 11 is 0. The van der Waals surface area contributed by atoms with Gasteiger partial charge in [0, 0.05) is 24.6 Å². The van der Waals surface area contributed by atoms with Gasteiger partial charge in [-0.25, -0.2) is 13.6 Å². The van der Waals surface area contributed by atoms with E-state index in [-0.39, 0.29) is 30.4 Å². The Hall–Kier alpha value is -1.81. The second kappa shape index (κ2) is 6.36. The number of carbonyl (C=O) groups excluding carboxylic acids is 1. The number of benzene rings is 1. The van der Waals surface area contributed by atoms with Gasteiger partial charge in [-0.05, 0) is 24.3 Å². The van der Waals surface area contributed by atoms with Crippen molar-refractivity contribution < 1.29 is 31.1 Å². The molecule has 0 saturated carbocycles. The van der Waals surface area contributed by atoms with Crippen LogP contribution in [0.2, 0.25) is 0 Å². The van der Waals surface area contributed by atoms with Crippen LogP contribution in [0.1, 0.15) is 6.42 Å². The highest BCUT2D eigenvalue weighted by atomic mass is 32.2. The van der Waals surface area contributed by atoms with E-state index in [1.54, 1.807) is 0 Å². The molecule has 1 aliphatic heterocycles. The molecule has 128 valence electrons. The summed E-state index contributed by atoms with van der Waals surface area (Å²) in [6.07, 6.45) is -4.37. The van der Waals surface area contributed by atoms with E-state index >= 15 is 0 Å². The minimum atomic E-state index is -4.43. The number of hydrogen-bond donors (Lipinski definition) is 1. The van der Waals surface area contributed by atoms with Crippen molar-refractivity contribution in [1.29, 1.82) is 0 Å². The van der Waals surface area contributed by atoms with Gasteiger partial charge in [-0.2, -0.15) is 13.2 Å². The maximum atomic E-state index is 12.1. The molecule has 0 radical (unpaired) electrons. The van der Waals surface area contributed by atoms with Gasteiger partial charge >= 0.3 is 6.18 Å². The molecule has 1 unspecified atom stereocenters. The smallest absolute Gasteiger partial charge is 0.422 e. The maximum Gasteiger partial charge on any atom is 0.422 e. The second-order valence-corrected chi connectivity index (χ2v) is 6.96. The Morgan fingerprint density at radius 2 is 1.87 bits per heavy atom. The molecule has 1 heterocycles. The lowest BCUT2D eigenvalue weighted by Gasteiger charge is -2.17. The predicted octanol–water partition coefficient (Wildman–Crippen LogP) is 1.27. The molecule has 6 nitrogen and oxygen atoms in total. The van der Waals surface area contributed by atoms with Gasteiger partial charge in [0.2, 0.25) is 15.9 Å². The number of ether oxygens (including phenoxy) is 1. The molecule has 2 rings (SSSR count). The number of nitrogens with two attached hydrogens (primary N) is 1. The van der Waals surface area contributed by atoms with Crippen molar-refractivity contribution in [1.82, 2.24) is 0 Å². The van der Waals surface area contributed by atoms with Crippen molar-refractivity contribution in [3.63, 3.8) is 0 Å². The minimum Gasteiger partial charge on any atom is -0.484 e. The van der Waals surface area contributed by atoms with E-state index in [1.165, 1.54) is 29.2 Å². The molecule has 10 heteroatoms. The Kier molecular flexibility index (Phi) is 4.85. The second-order valence-electron chi connectivity index (χ2n) is 5.30. The first kappa shape index (κ1) is 17.5. The number of anilines is 1. The van der Waals surface area contributed by atoms with Crippen LogP contribution in [0.15, 0.2) is 24.3 Å². The van der Waals surface area contributed by atoms with Crippen LogP contribution in [0, 0.1) is 5.92 Å². The molecule has 0 aliphatic carbocycles. The van der Waals surface area contributed by atoms with Gasteiger partial charge in [0.25, 0.3) is 0 Å². The topological polar surface area (TPSA) is 89.7 Å². The number of alkyl halides is 3. The van der Waals surface area contributed by atoms with Gasteiger partial charge < -0.3 is 9.64 Å². The SMILES string of the molecule is NS(=O)(=O)CC1CC(=O)N(c2ccc(OCC(F)(F)F)cc2)C1. The van der Waals surface area contributed by atoms with Gasteiger partial charge in [-0.1, -0.05) is 0 Å². The minimum absolute atomic E-state index is 0.0267. The zero-order valence-electron chi connectivity index (χ0n) is 11.9. The monoisotopic (exact) mass is 352 g/mol.